The molecule has 0 spiro atoms. The summed E-state index contributed by atoms with van der Waals surface area (Å²) in [7, 11) is 0. The van der Waals surface area contributed by atoms with E-state index in [0.29, 0.717) is 27.1 Å². The molecule has 0 radical (unpaired) electrons. The molecule has 142 valence electrons. The van der Waals surface area contributed by atoms with Crippen molar-refractivity contribution in [1.29, 1.82) is 5.26 Å². The van der Waals surface area contributed by atoms with Gasteiger partial charge in [0.25, 0.3) is 0 Å². The number of rotatable bonds is 3. The molecule has 0 atom stereocenters. The van der Waals surface area contributed by atoms with Gasteiger partial charge in [0.2, 0.25) is 5.43 Å². The molecule has 0 N–H and O–H groups in total. The predicted octanol–water partition coefficient (Wildman–Crippen LogP) is 5.43. The smallest absolute Gasteiger partial charge is 0.215 e. The molecule has 4 aromatic rings. The Labute approximate surface area is 175 Å². The molecule has 0 aliphatic heterocycles. The number of halogens is 3. The average Bonchev–Trinajstić information content (AvgIpc) is 2.73. The van der Waals surface area contributed by atoms with Crippen molar-refractivity contribution in [3.8, 4) is 17.3 Å². The SMILES string of the molecule is N#Cc1ccc(Cn2nc(-c3cccc(Cl)c3Cl)c(=O)c3ccccc32)c(F)c1. The number of benzene rings is 3. The minimum absolute atomic E-state index is 0.0729. The Bertz CT molecular complexity index is 1360. The summed E-state index contributed by atoms with van der Waals surface area (Å²) in [6.07, 6.45) is 0. The molecule has 0 fully saturated rings. The van der Waals surface area contributed by atoms with Crippen LogP contribution in [0.2, 0.25) is 10.0 Å². The fourth-order valence-electron chi connectivity index (χ4n) is 3.13. The van der Waals surface area contributed by atoms with Crippen molar-refractivity contribution in [1.82, 2.24) is 9.78 Å². The first-order chi connectivity index (χ1) is 14.0. The average molecular weight is 424 g/mol. The zero-order valence-electron chi connectivity index (χ0n) is 14.9. The molecule has 0 saturated heterocycles. The van der Waals surface area contributed by atoms with Gasteiger partial charge in [-0.3, -0.25) is 9.48 Å². The highest BCUT2D eigenvalue weighted by Gasteiger charge is 2.17. The molecule has 1 heterocycles. The highest BCUT2D eigenvalue weighted by molar-refractivity contribution is 6.43. The highest BCUT2D eigenvalue weighted by Crippen LogP contribution is 2.31. The van der Waals surface area contributed by atoms with Gasteiger partial charge in [0.05, 0.1) is 33.7 Å². The normalized spacial score (nSPS) is 10.8. The van der Waals surface area contributed by atoms with Crippen molar-refractivity contribution in [2.24, 2.45) is 0 Å². The van der Waals surface area contributed by atoms with Gasteiger partial charge in [-0.1, -0.05) is 53.5 Å². The van der Waals surface area contributed by atoms with Gasteiger partial charge in [0.15, 0.2) is 0 Å². The maximum Gasteiger partial charge on any atom is 0.215 e. The van der Waals surface area contributed by atoms with Crippen molar-refractivity contribution in [3.05, 3.63) is 97.9 Å². The summed E-state index contributed by atoms with van der Waals surface area (Å²) in [6, 6.07) is 18.1. The molecule has 0 aliphatic rings. The Hall–Kier alpha value is -3.20. The van der Waals surface area contributed by atoms with E-state index in [4.69, 9.17) is 28.5 Å². The molecule has 7 heteroatoms. The Balaban J connectivity index is 1.95. The molecule has 0 saturated carbocycles. The topological polar surface area (TPSA) is 58.7 Å². The van der Waals surface area contributed by atoms with Crippen LogP contribution in [0, 0.1) is 17.1 Å². The van der Waals surface area contributed by atoms with Crippen LogP contribution in [0.5, 0.6) is 0 Å². The van der Waals surface area contributed by atoms with Gasteiger partial charge >= 0.3 is 0 Å². The molecule has 0 unspecified atom stereocenters. The van der Waals surface area contributed by atoms with Gasteiger partial charge in [0.1, 0.15) is 11.5 Å². The lowest BCUT2D eigenvalue weighted by molar-refractivity contribution is 0.588. The molecular formula is C22H12Cl2FN3O. The first kappa shape index (κ1) is 19.1. The molecule has 0 aliphatic carbocycles. The molecule has 4 rings (SSSR count). The summed E-state index contributed by atoms with van der Waals surface area (Å²) >= 11 is 12.4. The fraction of sp³-hybridized carbons (Fsp3) is 0.0455. The van der Waals surface area contributed by atoms with E-state index >= 15 is 0 Å². The molecule has 4 nitrogen and oxygen atoms in total. The van der Waals surface area contributed by atoms with E-state index in [1.165, 1.54) is 18.2 Å². The van der Waals surface area contributed by atoms with Crippen LogP contribution in [0.25, 0.3) is 22.2 Å². The third-order valence-corrected chi connectivity index (χ3v) is 5.39. The minimum Gasteiger partial charge on any atom is -0.287 e. The van der Waals surface area contributed by atoms with Crippen molar-refractivity contribution < 1.29 is 4.39 Å². The lowest BCUT2D eigenvalue weighted by Gasteiger charge is -2.14. The van der Waals surface area contributed by atoms with Gasteiger partial charge in [-0.25, -0.2) is 4.39 Å². The number of fused-ring (bicyclic) bond motifs is 1. The second kappa shape index (κ2) is 7.67. The van der Waals surface area contributed by atoms with Crippen LogP contribution >= 0.6 is 23.2 Å². The van der Waals surface area contributed by atoms with Gasteiger partial charge in [-0.05, 0) is 30.3 Å². The maximum atomic E-state index is 14.5. The number of aromatic nitrogens is 2. The van der Waals surface area contributed by atoms with Gasteiger partial charge in [0, 0.05) is 16.5 Å². The summed E-state index contributed by atoms with van der Waals surface area (Å²) in [6.45, 7) is 0.0729. The number of para-hydroxylation sites is 1. The van der Waals surface area contributed by atoms with Crippen molar-refractivity contribution in [3.63, 3.8) is 0 Å². The first-order valence-corrected chi connectivity index (χ1v) is 9.38. The fourth-order valence-corrected chi connectivity index (χ4v) is 3.52. The predicted molar refractivity (Wildman–Crippen MR) is 112 cm³/mol. The molecule has 1 aromatic heterocycles. The van der Waals surface area contributed by atoms with Gasteiger partial charge in [-0.15, -0.1) is 0 Å². The van der Waals surface area contributed by atoms with Gasteiger partial charge < -0.3 is 0 Å². The van der Waals surface area contributed by atoms with Crippen LogP contribution in [-0.2, 0) is 6.54 Å². The molecule has 29 heavy (non-hydrogen) atoms. The number of hydrogen-bond donors (Lipinski definition) is 0. The van der Waals surface area contributed by atoms with Crippen LogP contribution in [0.1, 0.15) is 11.1 Å². The van der Waals surface area contributed by atoms with E-state index in [2.05, 4.69) is 5.10 Å². The first-order valence-electron chi connectivity index (χ1n) is 8.62. The van der Waals surface area contributed by atoms with E-state index < -0.39 is 5.82 Å². The Kier molecular flexibility index (Phi) is 5.06. The second-order valence-electron chi connectivity index (χ2n) is 6.37. The van der Waals surface area contributed by atoms with Crippen LogP contribution in [0.3, 0.4) is 0 Å². The van der Waals surface area contributed by atoms with Crippen molar-refractivity contribution >= 4 is 34.1 Å². The summed E-state index contributed by atoms with van der Waals surface area (Å²) in [5, 5.41) is 14.4. The van der Waals surface area contributed by atoms with Crippen molar-refractivity contribution in [2.75, 3.05) is 0 Å². The van der Waals surface area contributed by atoms with E-state index in [9.17, 15) is 9.18 Å². The van der Waals surface area contributed by atoms with E-state index in [0.717, 1.165) is 0 Å². The number of nitriles is 1. The van der Waals surface area contributed by atoms with Crippen LogP contribution < -0.4 is 5.43 Å². The Morgan fingerprint density at radius 1 is 1.07 bits per heavy atom. The summed E-state index contributed by atoms with van der Waals surface area (Å²) < 4.78 is 16.0. The molecule has 0 bridgehead atoms. The van der Waals surface area contributed by atoms with Crippen LogP contribution in [0.4, 0.5) is 4.39 Å². The summed E-state index contributed by atoms with van der Waals surface area (Å²) in [5.41, 5.74) is 1.38. The number of nitrogens with zero attached hydrogens (tertiary/aromatic N) is 3. The Morgan fingerprint density at radius 2 is 1.86 bits per heavy atom. The van der Waals surface area contributed by atoms with Crippen molar-refractivity contribution in [2.45, 2.75) is 6.54 Å². The number of hydrogen-bond acceptors (Lipinski definition) is 3. The van der Waals surface area contributed by atoms with E-state index in [1.807, 2.05) is 6.07 Å². The highest BCUT2D eigenvalue weighted by atomic mass is 35.5. The molecule has 0 amide bonds. The third-order valence-electron chi connectivity index (χ3n) is 4.57. The maximum absolute atomic E-state index is 14.5. The van der Waals surface area contributed by atoms with E-state index in [1.54, 1.807) is 47.1 Å². The van der Waals surface area contributed by atoms with Crippen LogP contribution in [0.15, 0.2) is 65.5 Å². The van der Waals surface area contributed by atoms with Crippen LogP contribution in [-0.4, -0.2) is 9.78 Å². The summed E-state index contributed by atoms with van der Waals surface area (Å²) in [4.78, 5) is 13.1. The quantitative estimate of drug-likeness (QED) is 0.441. The lowest BCUT2D eigenvalue weighted by atomic mass is 10.1. The molecule has 3 aromatic carbocycles. The van der Waals surface area contributed by atoms with Gasteiger partial charge in [-0.2, -0.15) is 10.4 Å². The van der Waals surface area contributed by atoms with E-state index in [-0.39, 0.29) is 28.3 Å². The second-order valence-corrected chi connectivity index (χ2v) is 7.16. The lowest BCUT2D eigenvalue weighted by Crippen LogP contribution is -2.17. The largest absolute Gasteiger partial charge is 0.287 e. The molecular weight excluding hydrogens is 412 g/mol. The standard InChI is InChI=1S/C22H12Cl2FN3O/c23-17-6-3-5-16(20(17)24)21-22(29)15-4-1-2-7-19(15)28(27-21)12-14-9-8-13(11-26)10-18(14)25/h1-10H,12H2. The minimum atomic E-state index is -0.518. The Morgan fingerprint density at radius 3 is 2.62 bits per heavy atom. The monoisotopic (exact) mass is 423 g/mol. The third kappa shape index (κ3) is 3.49. The zero-order chi connectivity index (χ0) is 20.5. The zero-order valence-corrected chi connectivity index (χ0v) is 16.4. The summed E-state index contributed by atoms with van der Waals surface area (Å²) in [5.74, 6) is -0.518.